The van der Waals surface area contributed by atoms with Gasteiger partial charge in [0.15, 0.2) is 17.3 Å². The topological polar surface area (TPSA) is 74.3 Å². The summed E-state index contributed by atoms with van der Waals surface area (Å²) in [5.74, 6) is -1.38. The van der Waals surface area contributed by atoms with E-state index in [-0.39, 0.29) is 34.3 Å². The van der Waals surface area contributed by atoms with Crippen LogP contribution in [0.5, 0.6) is 0 Å². The first-order valence-corrected chi connectivity index (χ1v) is 7.72. The summed E-state index contributed by atoms with van der Waals surface area (Å²) in [4.78, 5) is 36.8. The minimum absolute atomic E-state index is 0.0356. The lowest BCUT2D eigenvalue weighted by atomic mass is 10.1. The maximum Gasteiger partial charge on any atom is 0.197 e. The Morgan fingerprint density at radius 1 is 0.680 bits per heavy atom. The first-order valence-electron chi connectivity index (χ1n) is 7.72. The van der Waals surface area contributed by atoms with Crippen molar-refractivity contribution in [3.63, 3.8) is 0 Å². The molecule has 0 saturated heterocycles. The zero-order chi connectivity index (χ0) is 17.6. The molecule has 120 valence electrons. The molecular weight excluding hydrogens is 316 g/mol. The molecule has 0 N–H and O–H groups in total. The average molecular weight is 327 g/mol. The third-order valence-electron chi connectivity index (χ3n) is 4.34. The fourth-order valence-electron chi connectivity index (χ4n) is 3.09. The second kappa shape index (κ2) is 5.53. The minimum atomic E-state index is -0.345. The van der Waals surface area contributed by atoms with E-state index in [0.29, 0.717) is 22.3 Å². The van der Waals surface area contributed by atoms with E-state index in [0.717, 1.165) is 0 Å². The molecule has 0 saturated carbocycles. The molecule has 2 aliphatic rings. The summed E-state index contributed by atoms with van der Waals surface area (Å²) in [6.07, 6.45) is 4.14. The van der Waals surface area contributed by atoms with Gasteiger partial charge >= 0.3 is 0 Å². The van der Waals surface area contributed by atoms with E-state index in [4.69, 9.17) is 0 Å². The predicted molar refractivity (Wildman–Crippen MR) is 90.0 cm³/mol. The summed E-state index contributed by atoms with van der Waals surface area (Å²) < 4.78 is 0. The monoisotopic (exact) mass is 327 g/mol. The lowest BCUT2D eigenvalue weighted by molar-refractivity contribution is -0.244. The highest BCUT2D eigenvalue weighted by molar-refractivity contribution is 6.39. The molecular formula is C21H11O4-. The van der Waals surface area contributed by atoms with Gasteiger partial charge in [-0.1, -0.05) is 66.4 Å². The van der Waals surface area contributed by atoms with Gasteiger partial charge in [0, 0.05) is 22.3 Å². The molecule has 0 unspecified atom stereocenters. The Labute approximate surface area is 143 Å². The number of hydrogen-bond donors (Lipinski definition) is 0. The molecule has 2 aromatic rings. The maximum absolute atomic E-state index is 12.3. The maximum atomic E-state index is 12.3. The van der Waals surface area contributed by atoms with E-state index in [2.05, 4.69) is 0 Å². The van der Waals surface area contributed by atoms with E-state index in [1.54, 1.807) is 48.5 Å². The van der Waals surface area contributed by atoms with Crippen LogP contribution < -0.4 is 5.11 Å². The smallest absolute Gasteiger partial charge is 0.197 e. The summed E-state index contributed by atoms with van der Waals surface area (Å²) in [6.45, 7) is 0. The third-order valence-corrected chi connectivity index (χ3v) is 4.34. The van der Waals surface area contributed by atoms with Crippen LogP contribution >= 0.6 is 0 Å². The van der Waals surface area contributed by atoms with E-state index in [1.807, 2.05) is 0 Å². The van der Waals surface area contributed by atoms with Crippen LogP contribution in [0.1, 0.15) is 36.6 Å². The molecule has 0 bridgehead atoms. The normalized spacial score (nSPS) is 16.0. The van der Waals surface area contributed by atoms with Crippen LogP contribution in [0.25, 0.3) is 5.76 Å². The second-order valence-electron chi connectivity index (χ2n) is 5.76. The highest BCUT2D eigenvalue weighted by Gasteiger charge is 2.32. The van der Waals surface area contributed by atoms with Crippen molar-refractivity contribution in [1.29, 1.82) is 0 Å². The molecule has 2 aliphatic carbocycles. The number of carbonyl (C=O) groups is 3. The zero-order valence-corrected chi connectivity index (χ0v) is 13.0. The Balaban J connectivity index is 1.66. The first-order chi connectivity index (χ1) is 12.1. The number of benzene rings is 2. The zero-order valence-electron chi connectivity index (χ0n) is 13.0. The van der Waals surface area contributed by atoms with Gasteiger partial charge in [-0.2, -0.15) is 0 Å². The second-order valence-corrected chi connectivity index (χ2v) is 5.76. The van der Waals surface area contributed by atoms with Crippen LogP contribution in [-0.2, 0) is 0 Å². The van der Waals surface area contributed by atoms with Crippen LogP contribution in [0, 0.1) is 0 Å². The molecule has 4 rings (SSSR count). The summed E-state index contributed by atoms with van der Waals surface area (Å²) in [6, 6.07) is 13.2. The van der Waals surface area contributed by atoms with Crippen LogP contribution in [0.15, 0.2) is 77.9 Å². The van der Waals surface area contributed by atoms with Gasteiger partial charge < -0.3 is 5.11 Å². The molecule has 0 spiro atoms. The first kappa shape index (κ1) is 15.0. The number of carbonyl (C=O) groups excluding carboxylic acids is 3. The Morgan fingerprint density at radius 3 is 1.68 bits per heavy atom. The van der Waals surface area contributed by atoms with Gasteiger partial charge in [0.2, 0.25) is 0 Å². The van der Waals surface area contributed by atoms with E-state index in [9.17, 15) is 19.5 Å². The van der Waals surface area contributed by atoms with Crippen molar-refractivity contribution in [3.8, 4) is 0 Å². The summed E-state index contributed by atoms with van der Waals surface area (Å²) in [5.41, 5.74) is 1.57. The Hall–Kier alpha value is -3.53. The van der Waals surface area contributed by atoms with Crippen LogP contribution in [0.2, 0.25) is 0 Å². The largest absolute Gasteiger partial charge is 0.872 e. The van der Waals surface area contributed by atoms with Crippen molar-refractivity contribution in [1.82, 2.24) is 0 Å². The average Bonchev–Trinajstić information content (AvgIpc) is 3.03. The van der Waals surface area contributed by atoms with Gasteiger partial charge in [0.1, 0.15) is 0 Å². The SMILES string of the molecule is O=C1C(=C/C=C/C2=C([O-])c3ccccc3C2=O)C(=O)c2ccccc21. The molecule has 4 nitrogen and oxygen atoms in total. The lowest BCUT2D eigenvalue weighted by Gasteiger charge is -2.08. The minimum Gasteiger partial charge on any atom is -0.872 e. The van der Waals surface area contributed by atoms with Crippen LogP contribution in [-0.4, -0.2) is 17.3 Å². The fraction of sp³-hybridized carbons (Fsp3) is 0. The third kappa shape index (κ3) is 2.19. The molecule has 4 heteroatoms. The molecule has 25 heavy (non-hydrogen) atoms. The quantitative estimate of drug-likeness (QED) is 0.627. The Morgan fingerprint density at radius 2 is 1.16 bits per heavy atom. The van der Waals surface area contributed by atoms with Crippen molar-refractivity contribution in [3.05, 3.63) is 100 Å². The Bertz CT molecular complexity index is 1010. The molecule has 2 aromatic carbocycles. The standard InChI is InChI=1S/C21H12O4/c22-18-12-6-1-2-7-13(12)19(23)16(18)10-5-11-17-20(24)14-8-3-4-9-15(14)21(17)25/h1-11,22H/p-1/b10-5+. The number of allylic oxidation sites excluding steroid dienone is 5. The Kier molecular flexibility index (Phi) is 3.32. The number of Topliss-reactive ketones (excluding diaryl/α,β-unsaturated/α-hetero) is 3. The molecule has 0 heterocycles. The number of hydrogen-bond acceptors (Lipinski definition) is 4. The number of ketones is 3. The van der Waals surface area contributed by atoms with Crippen LogP contribution in [0.4, 0.5) is 0 Å². The van der Waals surface area contributed by atoms with Crippen molar-refractivity contribution in [2.75, 3.05) is 0 Å². The van der Waals surface area contributed by atoms with Gasteiger partial charge in [-0.05, 0) is 11.6 Å². The molecule has 0 atom stereocenters. The predicted octanol–water partition coefficient (Wildman–Crippen LogP) is 2.52. The van der Waals surface area contributed by atoms with Gasteiger partial charge in [0.25, 0.3) is 0 Å². The van der Waals surface area contributed by atoms with Crippen molar-refractivity contribution >= 4 is 23.1 Å². The summed E-state index contributed by atoms with van der Waals surface area (Å²) >= 11 is 0. The van der Waals surface area contributed by atoms with E-state index < -0.39 is 0 Å². The van der Waals surface area contributed by atoms with Crippen molar-refractivity contribution < 1.29 is 19.5 Å². The van der Waals surface area contributed by atoms with E-state index in [1.165, 1.54) is 18.2 Å². The van der Waals surface area contributed by atoms with Gasteiger partial charge in [0.05, 0.1) is 5.57 Å². The lowest BCUT2D eigenvalue weighted by Crippen LogP contribution is -2.02. The molecule has 0 fully saturated rings. The van der Waals surface area contributed by atoms with Gasteiger partial charge in [-0.3, -0.25) is 14.4 Å². The highest BCUT2D eigenvalue weighted by Crippen LogP contribution is 2.30. The number of fused-ring (bicyclic) bond motifs is 2. The highest BCUT2D eigenvalue weighted by atomic mass is 16.3. The van der Waals surface area contributed by atoms with Gasteiger partial charge in [-0.25, -0.2) is 0 Å². The molecule has 0 radical (unpaired) electrons. The summed E-state index contributed by atoms with van der Waals surface area (Å²) in [7, 11) is 0. The van der Waals surface area contributed by atoms with Crippen molar-refractivity contribution in [2.24, 2.45) is 0 Å². The van der Waals surface area contributed by atoms with Gasteiger partial charge in [-0.15, -0.1) is 0 Å². The summed E-state index contributed by atoms with van der Waals surface area (Å²) in [5, 5.41) is 12.3. The van der Waals surface area contributed by atoms with Crippen molar-refractivity contribution in [2.45, 2.75) is 0 Å². The van der Waals surface area contributed by atoms with E-state index >= 15 is 0 Å². The molecule has 0 aromatic heterocycles. The fourth-order valence-corrected chi connectivity index (χ4v) is 3.09. The molecule has 0 amide bonds. The van der Waals surface area contributed by atoms with Crippen LogP contribution in [0.3, 0.4) is 0 Å². The number of rotatable bonds is 2. The molecule has 0 aliphatic heterocycles.